The molecule has 0 aromatic carbocycles. The van der Waals surface area contributed by atoms with Crippen LogP contribution in [0.15, 0.2) is 18.3 Å². The van der Waals surface area contributed by atoms with Crippen LogP contribution in [0.3, 0.4) is 0 Å². The van der Waals surface area contributed by atoms with Crippen LogP contribution in [0.1, 0.15) is 17.4 Å². The molecule has 0 unspecified atom stereocenters. The molecule has 0 fully saturated rings. The molecular weight excluding hydrogens is 202 g/mol. The summed E-state index contributed by atoms with van der Waals surface area (Å²) in [6.07, 6.45) is 2.89. The standard InChI is InChI=1S/C9H13NO3S/c1-8(11)9-4-3-5-10(9)6-7-14(2,12)13/h3-5H,6-7H2,1-2H3. The van der Waals surface area contributed by atoms with Crippen molar-refractivity contribution < 1.29 is 13.2 Å². The predicted octanol–water partition coefficient (Wildman–Crippen LogP) is 0.735. The van der Waals surface area contributed by atoms with Crippen molar-refractivity contribution in [2.75, 3.05) is 12.0 Å². The molecule has 78 valence electrons. The van der Waals surface area contributed by atoms with E-state index in [1.54, 1.807) is 22.9 Å². The summed E-state index contributed by atoms with van der Waals surface area (Å²) in [5.41, 5.74) is 0.550. The highest BCUT2D eigenvalue weighted by Gasteiger charge is 2.08. The van der Waals surface area contributed by atoms with Gasteiger partial charge in [0, 0.05) is 25.9 Å². The largest absolute Gasteiger partial charge is 0.344 e. The lowest BCUT2D eigenvalue weighted by Gasteiger charge is -2.05. The van der Waals surface area contributed by atoms with E-state index in [0.717, 1.165) is 0 Å². The number of carbonyl (C=O) groups excluding carboxylic acids is 1. The maximum absolute atomic E-state index is 11.1. The highest BCUT2D eigenvalue weighted by Crippen LogP contribution is 2.03. The normalized spacial score (nSPS) is 11.6. The molecule has 1 aromatic heterocycles. The molecule has 0 bridgehead atoms. The Kier molecular flexibility index (Phi) is 3.10. The number of aromatic nitrogens is 1. The minimum Gasteiger partial charge on any atom is -0.344 e. The number of Topliss-reactive ketones (excluding diaryl/α,β-unsaturated/α-hetero) is 1. The van der Waals surface area contributed by atoms with Gasteiger partial charge in [0.05, 0.1) is 11.4 Å². The van der Waals surface area contributed by atoms with Gasteiger partial charge in [-0.2, -0.15) is 0 Å². The van der Waals surface area contributed by atoms with Gasteiger partial charge >= 0.3 is 0 Å². The van der Waals surface area contributed by atoms with Crippen molar-refractivity contribution >= 4 is 15.6 Å². The van der Waals surface area contributed by atoms with Gasteiger partial charge in [-0.15, -0.1) is 0 Å². The second-order valence-corrected chi connectivity index (χ2v) is 5.53. The summed E-state index contributed by atoms with van der Waals surface area (Å²) >= 11 is 0. The van der Waals surface area contributed by atoms with Gasteiger partial charge in [0.15, 0.2) is 5.78 Å². The Morgan fingerprint density at radius 3 is 2.64 bits per heavy atom. The Morgan fingerprint density at radius 2 is 2.14 bits per heavy atom. The Bertz CT molecular complexity index is 431. The van der Waals surface area contributed by atoms with Crippen LogP contribution in [-0.4, -0.2) is 30.8 Å². The third-order valence-electron chi connectivity index (χ3n) is 1.89. The van der Waals surface area contributed by atoms with Crippen LogP contribution in [0.4, 0.5) is 0 Å². The van der Waals surface area contributed by atoms with Crippen molar-refractivity contribution in [3.05, 3.63) is 24.0 Å². The van der Waals surface area contributed by atoms with Gasteiger partial charge in [0.25, 0.3) is 0 Å². The van der Waals surface area contributed by atoms with E-state index in [1.807, 2.05) is 0 Å². The first kappa shape index (κ1) is 11.0. The van der Waals surface area contributed by atoms with Crippen molar-refractivity contribution in [2.24, 2.45) is 0 Å². The fourth-order valence-electron chi connectivity index (χ4n) is 1.19. The average Bonchev–Trinajstić information content (AvgIpc) is 2.46. The van der Waals surface area contributed by atoms with Gasteiger partial charge in [-0.3, -0.25) is 4.79 Å². The summed E-state index contributed by atoms with van der Waals surface area (Å²) in [6.45, 7) is 1.80. The monoisotopic (exact) mass is 215 g/mol. The summed E-state index contributed by atoms with van der Waals surface area (Å²) in [4.78, 5) is 11.1. The summed E-state index contributed by atoms with van der Waals surface area (Å²) in [5.74, 6) is 0.00519. The third-order valence-corrected chi connectivity index (χ3v) is 2.82. The predicted molar refractivity (Wildman–Crippen MR) is 54.1 cm³/mol. The Balaban J connectivity index is 2.77. The van der Waals surface area contributed by atoms with E-state index in [-0.39, 0.29) is 11.5 Å². The quantitative estimate of drug-likeness (QED) is 0.696. The Hall–Kier alpha value is -1.10. The first-order valence-electron chi connectivity index (χ1n) is 4.24. The molecule has 0 radical (unpaired) electrons. The van der Waals surface area contributed by atoms with Gasteiger partial charge in [-0.05, 0) is 12.1 Å². The topological polar surface area (TPSA) is 56.1 Å². The number of rotatable bonds is 4. The third kappa shape index (κ3) is 2.99. The van der Waals surface area contributed by atoms with Crippen molar-refractivity contribution in [3.8, 4) is 0 Å². The molecule has 4 nitrogen and oxygen atoms in total. The SMILES string of the molecule is CC(=O)c1cccn1CCS(C)(=O)=O. The van der Waals surface area contributed by atoms with Crippen LogP contribution in [0, 0.1) is 0 Å². The zero-order chi connectivity index (χ0) is 10.8. The van der Waals surface area contributed by atoms with Gasteiger partial charge in [-0.1, -0.05) is 0 Å². The van der Waals surface area contributed by atoms with Gasteiger partial charge < -0.3 is 4.57 Å². The molecule has 1 rings (SSSR count). The second kappa shape index (κ2) is 3.96. The van der Waals surface area contributed by atoms with E-state index in [0.29, 0.717) is 12.2 Å². The first-order chi connectivity index (χ1) is 6.40. The van der Waals surface area contributed by atoms with Crippen LogP contribution in [0.2, 0.25) is 0 Å². The van der Waals surface area contributed by atoms with Crippen LogP contribution in [0.5, 0.6) is 0 Å². The number of ketones is 1. The molecule has 1 heterocycles. The maximum Gasteiger partial charge on any atom is 0.176 e. The average molecular weight is 215 g/mol. The van der Waals surface area contributed by atoms with Gasteiger partial charge in [-0.25, -0.2) is 8.42 Å². The lowest BCUT2D eigenvalue weighted by Crippen LogP contribution is -2.13. The van der Waals surface area contributed by atoms with Crippen LogP contribution < -0.4 is 0 Å². The number of aryl methyl sites for hydroxylation is 1. The Morgan fingerprint density at radius 1 is 1.50 bits per heavy atom. The number of hydrogen-bond acceptors (Lipinski definition) is 3. The molecule has 0 amide bonds. The van der Waals surface area contributed by atoms with E-state index in [1.165, 1.54) is 13.2 Å². The molecule has 0 spiro atoms. The first-order valence-corrected chi connectivity index (χ1v) is 6.30. The summed E-state index contributed by atoms with van der Waals surface area (Å²) in [5, 5.41) is 0. The van der Waals surface area contributed by atoms with E-state index in [4.69, 9.17) is 0 Å². The molecular formula is C9H13NO3S. The van der Waals surface area contributed by atoms with Crippen LogP contribution >= 0.6 is 0 Å². The van der Waals surface area contributed by atoms with E-state index >= 15 is 0 Å². The van der Waals surface area contributed by atoms with Crippen molar-refractivity contribution in [1.29, 1.82) is 0 Å². The molecule has 0 N–H and O–H groups in total. The molecule has 0 saturated carbocycles. The van der Waals surface area contributed by atoms with E-state index < -0.39 is 9.84 Å². The minimum absolute atomic E-state index is 0.0523. The molecule has 5 heteroatoms. The minimum atomic E-state index is -2.97. The van der Waals surface area contributed by atoms with E-state index in [9.17, 15) is 13.2 Å². The van der Waals surface area contributed by atoms with Crippen LogP contribution in [-0.2, 0) is 16.4 Å². The van der Waals surface area contributed by atoms with Crippen molar-refractivity contribution in [3.63, 3.8) is 0 Å². The van der Waals surface area contributed by atoms with Crippen molar-refractivity contribution in [2.45, 2.75) is 13.5 Å². The second-order valence-electron chi connectivity index (χ2n) is 3.27. The molecule has 14 heavy (non-hydrogen) atoms. The maximum atomic E-state index is 11.1. The lowest BCUT2D eigenvalue weighted by atomic mass is 10.3. The summed E-state index contributed by atoms with van der Waals surface area (Å²) in [7, 11) is -2.97. The zero-order valence-corrected chi connectivity index (χ0v) is 9.04. The van der Waals surface area contributed by atoms with Crippen LogP contribution in [0.25, 0.3) is 0 Å². The summed E-state index contributed by atoms with van der Waals surface area (Å²) < 4.78 is 23.5. The fourth-order valence-corrected chi connectivity index (χ4v) is 1.72. The highest BCUT2D eigenvalue weighted by molar-refractivity contribution is 7.90. The van der Waals surface area contributed by atoms with Gasteiger partial charge in [0.2, 0.25) is 0 Å². The molecule has 0 aliphatic heterocycles. The Labute approximate surface area is 83.5 Å². The molecule has 0 atom stereocenters. The number of sulfone groups is 1. The highest BCUT2D eigenvalue weighted by atomic mass is 32.2. The van der Waals surface area contributed by atoms with E-state index in [2.05, 4.69) is 0 Å². The number of carbonyl (C=O) groups is 1. The molecule has 0 saturated heterocycles. The zero-order valence-electron chi connectivity index (χ0n) is 8.23. The molecule has 1 aromatic rings. The number of nitrogens with zero attached hydrogens (tertiary/aromatic N) is 1. The fraction of sp³-hybridized carbons (Fsp3) is 0.444. The smallest absolute Gasteiger partial charge is 0.176 e. The lowest BCUT2D eigenvalue weighted by molar-refractivity contribution is 0.100. The van der Waals surface area contributed by atoms with Gasteiger partial charge in [0.1, 0.15) is 9.84 Å². The molecule has 0 aliphatic carbocycles. The van der Waals surface area contributed by atoms with Crippen molar-refractivity contribution in [1.82, 2.24) is 4.57 Å². The summed E-state index contributed by atoms with van der Waals surface area (Å²) in [6, 6.07) is 3.42. The number of hydrogen-bond donors (Lipinski definition) is 0. The molecule has 0 aliphatic rings.